The third-order valence-corrected chi connectivity index (χ3v) is 9.41. The van der Waals surface area contributed by atoms with Gasteiger partial charge in [-0.3, -0.25) is 14.4 Å². The van der Waals surface area contributed by atoms with Crippen LogP contribution in [0.25, 0.3) is 5.57 Å². The van der Waals surface area contributed by atoms with Gasteiger partial charge in [-0.05, 0) is 94.5 Å². The molecule has 1 heterocycles. The maximum atomic E-state index is 16.7. The molecule has 0 aliphatic heterocycles. The molecule has 300 valence electrons. The van der Waals surface area contributed by atoms with E-state index in [2.05, 4.69) is 5.32 Å². The summed E-state index contributed by atoms with van der Waals surface area (Å²) in [5, 5.41) is 2.44. The Kier molecular flexibility index (Phi) is 14.5. The predicted octanol–water partition coefficient (Wildman–Crippen LogP) is 9.16. The number of benzene rings is 1. The number of ether oxygens (including phenoxy) is 1. The molecule has 1 aromatic carbocycles. The number of rotatable bonds is 15. The molecule has 0 saturated heterocycles. The number of hydrogen-bond acceptors (Lipinski definition) is 5. The molecule has 1 N–H and O–H groups in total. The Bertz CT molecular complexity index is 1800. The molecule has 0 radical (unpaired) electrons. The Balaban J connectivity index is 2.26. The van der Waals surface area contributed by atoms with Gasteiger partial charge in [-0.2, -0.15) is 26.3 Å². The molecule has 15 heteroatoms. The zero-order valence-electron chi connectivity index (χ0n) is 31.8. The molecule has 7 nitrogen and oxygen atoms in total. The van der Waals surface area contributed by atoms with Gasteiger partial charge in [0.2, 0.25) is 5.91 Å². The topological polar surface area (TPSA) is 80.6 Å². The summed E-state index contributed by atoms with van der Waals surface area (Å²) in [6.45, 7) is 13.8. The molecule has 1 aliphatic carbocycles. The van der Waals surface area contributed by atoms with E-state index in [0.717, 1.165) is 10.8 Å². The molecule has 0 fully saturated rings. The average molecular weight is 776 g/mol. The first kappa shape index (κ1) is 44.4. The van der Waals surface area contributed by atoms with Crippen LogP contribution < -0.4 is 10.9 Å². The lowest BCUT2D eigenvalue weighted by atomic mass is 9.80. The summed E-state index contributed by atoms with van der Waals surface area (Å²) in [6.07, 6.45) is -9.08. The summed E-state index contributed by atoms with van der Waals surface area (Å²) in [5.41, 5.74) is -6.51. The van der Waals surface area contributed by atoms with Crippen LogP contribution in [0, 0.1) is 11.7 Å². The van der Waals surface area contributed by atoms with Crippen molar-refractivity contribution in [1.82, 2.24) is 14.8 Å². The van der Waals surface area contributed by atoms with Gasteiger partial charge in [0.15, 0.2) is 0 Å². The van der Waals surface area contributed by atoms with Crippen LogP contribution in [0.2, 0.25) is 0 Å². The van der Waals surface area contributed by atoms with Crippen molar-refractivity contribution in [2.24, 2.45) is 5.92 Å². The van der Waals surface area contributed by atoms with E-state index in [0.29, 0.717) is 31.3 Å². The molecule has 2 aromatic rings. The highest BCUT2D eigenvalue weighted by Crippen LogP contribution is 2.43. The number of hydrogen-bond donors (Lipinski definition) is 1. The normalized spacial score (nSPS) is 17.9. The monoisotopic (exact) mass is 775 g/mol. The van der Waals surface area contributed by atoms with Gasteiger partial charge in [0.1, 0.15) is 17.5 Å². The van der Waals surface area contributed by atoms with E-state index in [1.807, 2.05) is 18.7 Å². The molecule has 0 bridgehead atoms. The van der Waals surface area contributed by atoms with Gasteiger partial charge in [0, 0.05) is 36.4 Å². The zero-order valence-corrected chi connectivity index (χ0v) is 31.8. The van der Waals surface area contributed by atoms with E-state index >= 15 is 4.39 Å². The largest absolute Gasteiger partial charge is 0.466 e. The van der Waals surface area contributed by atoms with Gasteiger partial charge in [-0.1, -0.05) is 33.3 Å². The molecular formula is C39H49F8N3O4. The summed E-state index contributed by atoms with van der Waals surface area (Å²) in [6, 6.07) is -1.85. The third kappa shape index (κ3) is 11.0. The maximum absolute atomic E-state index is 16.7. The first-order valence-electron chi connectivity index (χ1n) is 17.9. The van der Waals surface area contributed by atoms with E-state index in [1.165, 1.54) is 33.8 Å². The standard InChI is InChI=1S/C39H49F8N3O4/c1-9-49(10-2)13-12-25-21-50(32(51)17-29(25)39(45,46)47)31(14-22(4)5)36(53)48-30(18-33(52)54-11-3)27-15-26(38(42,43)44)16-28(35(27)40)34-23(6)19-37(8,41)20-24(34)7/h15-17,19,21-22,30-31H,9-14,18,20H2,1-8H3,(H,48,53)/t30-,31?,37?/m0/s1. The summed E-state index contributed by atoms with van der Waals surface area (Å²) in [7, 11) is 0. The van der Waals surface area contributed by atoms with Crippen LogP contribution >= 0.6 is 0 Å². The number of halogens is 8. The number of alkyl halides is 7. The number of carbonyl (C=O) groups excluding carboxylic acids is 2. The van der Waals surface area contributed by atoms with Crippen LogP contribution in [-0.4, -0.2) is 53.3 Å². The highest BCUT2D eigenvalue weighted by atomic mass is 19.4. The fourth-order valence-corrected chi connectivity index (χ4v) is 7.01. The quantitative estimate of drug-likeness (QED) is 0.144. The number of likely N-dealkylation sites (N-methyl/N-ethyl adjacent to an activating group) is 1. The van der Waals surface area contributed by atoms with E-state index in [9.17, 15) is 45.1 Å². The van der Waals surface area contributed by atoms with Crippen molar-refractivity contribution < 1.29 is 49.4 Å². The maximum Gasteiger partial charge on any atom is 0.416 e. The molecule has 0 saturated carbocycles. The highest BCUT2D eigenvalue weighted by molar-refractivity contribution is 5.84. The van der Waals surface area contributed by atoms with Gasteiger partial charge in [-0.25, -0.2) is 8.78 Å². The number of nitrogens with one attached hydrogen (secondary N) is 1. The molecule has 1 aromatic heterocycles. The third-order valence-electron chi connectivity index (χ3n) is 9.41. The Morgan fingerprint density at radius 3 is 2.17 bits per heavy atom. The van der Waals surface area contributed by atoms with Gasteiger partial charge in [0.05, 0.1) is 30.2 Å². The first-order valence-corrected chi connectivity index (χ1v) is 17.9. The highest BCUT2D eigenvalue weighted by Gasteiger charge is 2.39. The molecule has 1 aliphatic rings. The van der Waals surface area contributed by atoms with E-state index < -0.39 is 82.0 Å². The number of esters is 1. The Labute approximate surface area is 310 Å². The molecule has 2 unspecified atom stereocenters. The second kappa shape index (κ2) is 17.6. The number of pyridine rings is 1. The lowest BCUT2D eigenvalue weighted by Gasteiger charge is -2.29. The number of carbonyl (C=O) groups is 2. The first-order chi connectivity index (χ1) is 24.9. The van der Waals surface area contributed by atoms with Crippen molar-refractivity contribution in [3.05, 3.63) is 85.6 Å². The van der Waals surface area contributed by atoms with Crippen LogP contribution in [-0.2, 0) is 33.1 Å². The molecule has 54 heavy (non-hydrogen) atoms. The smallest absolute Gasteiger partial charge is 0.416 e. The molecule has 0 spiro atoms. The summed E-state index contributed by atoms with van der Waals surface area (Å²) < 4.78 is 123. The second-order valence-corrected chi connectivity index (χ2v) is 14.3. The zero-order chi connectivity index (χ0) is 40.9. The van der Waals surface area contributed by atoms with Crippen LogP contribution in [0.3, 0.4) is 0 Å². The number of nitrogens with zero attached hydrogens (tertiary/aromatic N) is 2. The molecular weight excluding hydrogens is 726 g/mol. The van der Waals surface area contributed by atoms with Crippen molar-refractivity contribution in [2.75, 3.05) is 26.2 Å². The van der Waals surface area contributed by atoms with Gasteiger partial charge < -0.3 is 19.5 Å². The van der Waals surface area contributed by atoms with Crippen LogP contribution in [0.15, 0.2) is 46.4 Å². The summed E-state index contributed by atoms with van der Waals surface area (Å²) >= 11 is 0. The molecule has 1 amide bonds. The number of amides is 1. The Morgan fingerprint density at radius 1 is 1.02 bits per heavy atom. The van der Waals surface area contributed by atoms with Crippen LogP contribution in [0.1, 0.15) is 115 Å². The predicted molar refractivity (Wildman–Crippen MR) is 190 cm³/mol. The number of aromatic nitrogens is 1. The van der Waals surface area contributed by atoms with Crippen molar-refractivity contribution in [1.29, 1.82) is 0 Å². The van der Waals surface area contributed by atoms with Crippen molar-refractivity contribution in [2.45, 2.75) is 111 Å². The molecule has 3 rings (SSSR count). The van der Waals surface area contributed by atoms with Crippen LogP contribution in [0.5, 0.6) is 0 Å². The van der Waals surface area contributed by atoms with Crippen molar-refractivity contribution in [3.8, 4) is 0 Å². The fourth-order valence-electron chi connectivity index (χ4n) is 7.01. The van der Waals surface area contributed by atoms with E-state index in [1.54, 1.807) is 13.8 Å². The lowest BCUT2D eigenvalue weighted by molar-refractivity contribution is -0.144. The van der Waals surface area contributed by atoms with Crippen molar-refractivity contribution in [3.63, 3.8) is 0 Å². The minimum Gasteiger partial charge on any atom is -0.466 e. The van der Waals surface area contributed by atoms with Gasteiger partial charge in [0.25, 0.3) is 5.56 Å². The summed E-state index contributed by atoms with van der Waals surface area (Å²) in [4.78, 5) is 42.3. The number of allylic oxidation sites excluding steroid dienone is 4. The lowest BCUT2D eigenvalue weighted by Crippen LogP contribution is -2.41. The van der Waals surface area contributed by atoms with Gasteiger partial charge >= 0.3 is 18.3 Å². The SMILES string of the molecule is CCOC(=O)C[C@H](NC(=O)C(CC(C)C)n1cc(CCN(CC)CC)c(C(F)(F)F)cc1=O)c1cc(C(F)(F)F)cc(C2=C(C)CC(C)(F)C=C2C)c1F. The van der Waals surface area contributed by atoms with Gasteiger partial charge in [-0.15, -0.1) is 0 Å². The Hall–Kier alpha value is -4.01. The second-order valence-electron chi connectivity index (χ2n) is 14.3. The minimum atomic E-state index is -5.03. The van der Waals surface area contributed by atoms with Crippen molar-refractivity contribution >= 4 is 17.4 Å². The Morgan fingerprint density at radius 2 is 1.65 bits per heavy atom. The summed E-state index contributed by atoms with van der Waals surface area (Å²) in [5.74, 6) is -3.60. The fraction of sp³-hybridized carbons (Fsp3) is 0.564. The minimum absolute atomic E-state index is 0.0300. The van der Waals surface area contributed by atoms with E-state index in [4.69, 9.17) is 4.74 Å². The van der Waals surface area contributed by atoms with E-state index in [-0.39, 0.29) is 60.6 Å². The van der Waals surface area contributed by atoms with Crippen LogP contribution in [0.4, 0.5) is 35.1 Å². The molecule has 3 atom stereocenters. The average Bonchev–Trinajstić information content (AvgIpc) is 3.03.